The van der Waals surface area contributed by atoms with Crippen LogP contribution in [0, 0.1) is 6.92 Å². The number of aryl methyl sites for hydroxylation is 1. The lowest BCUT2D eigenvalue weighted by Crippen LogP contribution is -2.48. The highest BCUT2D eigenvalue weighted by Crippen LogP contribution is 2.28. The van der Waals surface area contributed by atoms with Gasteiger partial charge < -0.3 is 20.0 Å². The van der Waals surface area contributed by atoms with Crippen LogP contribution in [0.15, 0.2) is 77.4 Å². The molecule has 1 heterocycles. The lowest BCUT2D eigenvalue weighted by Gasteiger charge is -2.33. The molecule has 3 aromatic rings. The molecule has 7 nitrogen and oxygen atoms in total. The average molecular weight is 474 g/mol. The second kappa shape index (κ2) is 11.5. The Bertz CT molecular complexity index is 1140. The summed E-state index contributed by atoms with van der Waals surface area (Å²) in [5, 5.41) is 5.81. The van der Waals surface area contributed by atoms with Gasteiger partial charge in [0.05, 0.1) is 12.8 Å². The summed E-state index contributed by atoms with van der Waals surface area (Å²) in [6.07, 6.45) is 5.47. The number of benzene rings is 2. The molecule has 0 saturated heterocycles. The molecular formula is C28H31N3O4. The molecule has 2 aromatic carbocycles. The van der Waals surface area contributed by atoms with Crippen molar-refractivity contribution in [3.8, 4) is 0 Å². The van der Waals surface area contributed by atoms with E-state index in [2.05, 4.69) is 10.6 Å². The summed E-state index contributed by atoms with van der Waals surface area (Å²) < 4.78 is 5.13. The number of nitrogens with one attached hydrogen (secondary N) is 2. The van der Waals surface area contributed by atoms with Crippen LogP contribution in [0.5, 0.6) is 0 Å². The Labute approximate surface area is 205 Å². The van der Waals surface area contributed by atoms with Gasteiger partial charge in [0.1, 0.15) is 6.04 Å². The van der Waals surface area contributed by atoms with E-state index in [4.69, 9.17) is 4.42 Å². The van der Waals surface area contributed by atoms with Gasteiger partial charge >= 0.3 is 0 Å². The van der Waals surface area contributed by atoms with Crippen molar-refractivity contribution >= 4 is 17.7 Å². The van der Waals surface area contributed by atoms with Gasteiger partial charge in [-0.1, -0.05) is 67.4 Å². The number of hydrogen-bond donors (Lipinski definition) is 2. The van der Waals surface area contributed by atoms with E-state index < -0.39 is 11.9 Å². The lowest BCUT2D eigenvalue weighted by molar-refractivity contribution is -0.141. The topological polar surface area (TPSA) is 91.7 Å². The van der Waals surface area contributed by atoms with Gasteiger partial charge in [-0.05, 0) is 48.6 Å². The first-order chi connectivity index (χ1) is 17.0. The van der Waals surface area contributed by atoms with Gasteiger partial charge in [-0.3, -0.25) is 14.4 Å². The van der Waals surface area contributed by atoms with Crippen LogP contribution in [0.3, 0.4) is 0 Å². The minimum atomic E-state index is -0.829. The zero-order valence-electron chi connectivity index (χ0n) is 19.9. The van der Waals surface area contributed by atoms with Gasteiger partial charge in [0.2, 0.25) is 11.8 Å². The zero-order valence-corrected chi connectivity index (χ0v) is 19.9. The van der Waals surface area contributed by atoms with Crippen LogP contribution < -0.4 is 10.6 Å². The smallest absolute Gasteiger partial charge is 0.287 e. The van der Waals surface area contributed by atoms with Crippen molar-refractivity contribution in [2.75, 3.05) is 6.54 Å². The van der Waals surface area contributed by atoms with Crippen LogP contribution in [0.1, 0.15) is 59.0 Å². The predicted octanol–water partition coefficient (Wildman–Crippen LogP) is 4.15. The number of carbonyl (C=O) groups is 3. The van der Waals surface area contributed by atoms with Crippen LogP contribution in [0.25, 0.3) is 0 Å². The summed E-state index contributed by atoms with van der Waals surface area (Å²) in [5.41, 5.74) is 2.58. The van der Waals surface area contributed by atoms with Crippen molar-refractivity contribution in [1.29, 1.82) is 0 Å². The Hall–Kier alpha value is -3.87. The van der Waals surface area contributed by atoms with Gasteiger partial charge in [0.15, 0.2) is 5.76 Å². The van der Waals surface area contributed by atoms with Gasteiger partial charge in [-0.25, -0.2) is 0 Å². The molecule has 1 aliphatic rings. The minimum absolute atomic E-state index is 0.112. The lowest BCUT2D eigenvalue weighted by atomic mass is 9.97. The molecule has 2 N–H and O–H groups in total. The normalized spacial score (nSPS) is 14.3. The molecule has 7 heteroatoms. The number of carbonyl (C=O) groups excluding carboxylic acids is 3. The van der Waals surface area contributed by atoms with Gasteiger partial charge in [-0.2, -0.15) is 0 Å². The third kappa shape index (κ3) is 6.18. The maximum Gasteiger partial charge on any atom is 0.287 e. The zero-order chi connectivity index (χ0) is 24.6. The van der Waals surface area contributed by atoms with E-state index in [0.29, 0.717) is 0 Å². The molecule has 1 fully saturated rings. The Morgan fingerprint density at radius 2 is 1.69 bits per heavy atom. The first-order valence-corrected chi connectivity index (χ1v) is 12.0. The Morgan fingerprint density at radius 1 is 0.971 bits per heavy atom. The Morgan fingerprint density at radius 3 is 2.37 bits per heavy atom. The molecule has 182 valence electrons. The molecule has 0 radical (unpaired) electrons. The molecule has 1 aliphatic carbocycles. The molecular weight excluding hydrogens is 442 g/mol. The average Bonchev–Trinajstić information content (AvgIpc) is 3.58. The highest BCUT2D eigenvalue weighted by Gasteiger charge is 2.34. The number of rotatable bonds is 9. The van der Waals surface area contributed by atoms with Crippen molar-refractivity contribution in [3.05, 3.63) is 95.4 Å². The SMILES string of the molecule is Cc1ccccc1C(C(=O)NC1CCCC1)N(Cc1ccccc1)C(=O)CNC(=O)c1ccco1. The Balaban J connectivity index is 1.64. The molecule has 1 aromatic heterocycles. The summed E-state index contributed by atoms with van der Waals surface area (Å²) in [7, 11) is 0. The molecule has 1 atom stereocenters. The summed E-state index contributed by atoms with van der Waals surface area (Å²) in [6.45, 7) is 1.91. The van der Waals surface area contributed by atoms with Crippen molar-refractivity contribution in [3.63, 3.8) is 0 Å². The van der Waals surface area contributed by atoms with E-state index in [1.807, 2.05) is 61.5 Å². The van der Waals surface area contributed by atoms with Crippen LogP contribution in [0.2, 0.25) is 0 Å². The second-order valence-corrected chi connectivity index (χ2v) is 8.92. The van der Waals surface area contributed by atoms with Gasteiger partial charge in [-0.15, -0.1) is 0 Å². The fraction of sp³-hybridized carbons (Fsp3) is 0.321. The Kier molecular flexibility index (Phi) is 7.98. The summed E-state index contributed by atoms with van der Waals surface area (Å²) in [5.74, 6) is -0.913. The monoisotopic (exact) mass is 473 g/mol. The third-order valence-electron chi connectivity index (χ3n) is 6.41. The van der Waals surface area contributed by atoms with Crippen LogP contribution in [-0.2, 0) is 16.1 Å². The first-order valence-electron chi connectivity index (χ1n) is 12.0. The molecule has 0 bridgehead atoms. The highest BCUT2D eigenvalue weighted by atomic mass is 16.3. The van der Waals surface area contributed by atoms with Crippen molar-refractivity contribution in [2.45, 2.75) is 51.2 Å². The van der Waals surface area contributed by atoms with E-state index in [-0.39, 0.29) is 36.7 Å². The highest BCUT2D eigenvalue weighted by molar-refractivity contribution is 5.95. The second-order valence-electron chi connectivity index (χ2n) is 8.92. The quantitative estimate of drug-likeness (QED) is 0.489. The van der Waals surface area contributed by atoms with E-state index >= 15 is 0 Å². The number of nitrogens with zero attached hydrogens (tertiary/aromatic N) is 1. The number of hydrogen-bond acceptors (Lipinski definition) is 4. The maximum absolute atomic E-state index is 13.7. The van der Waals surface area contributed by atoms with Gasteiger partial charge in [0.25, 0.3) is 5.91 Å². The molecule has 1 unspecified atom stereocenters. The van der Waals surface area contributed by atoms with E-state index in [9.17, 15) is 14.4 Å². The minimum Gasteiger partial charge on any atom is -0.459 e. The van der Waals surface area contributed by atoms with Crippen LogP contribution in [-0.4, -0.2) is 35.2 Å². The fourth-order valence-corrected chi connectivity index (χ4v) is 4.55. The standard InChI is InChI=1S/C28H31N3O4/c1-20-10-5-8-15-23(20)26(28(34)30-22-13-6-7-14-22)31(19-21-11-3-2-4-12-21)25(32)18-29-27(33)24-16-9-17-35-24/h2-5,8-12,15-17,22,26H,6-7,13-14,18-19H2,1H3,(H,29,33)(H,30,34). The summed E-state index contributed by atoms with van der Waals surface area (Å²) in [4.78, 5) is 41.2. The molecule has 3 amide bonds. The van der Waals surface area contributed by atoms with E-state index in [1.165, 1.54) is 12.3 Å². The predicted molar refractivity (Wildman–Crippen MR) is 132 cm³/mol. The van der Waals surface area contributed by atoms with E-state index in [1.54, 1.807) is 11.0 Å². The van der Waals surface area contributed by atoms with Crippen molar-refractivity contribution < 1.29 is 18.8 Å². The summed E-state index contributed by atoms with van der Waals surface area (Å²) in [6, 6.07) is 19.6. The number of amides is 3. The molecule has 0 aliphatic heterocycles. The molecule has 35 heavy (non-hydrogen) atoms. The van der Waals surface area contributed by atoms with E-state index in [0.717, 1.165) is 42.4 Å². The van der Waals surface area contributed by atoms with Crippen LogP contribution in [0.4, 0.5) is 0 Å². The largest absolute Gasteiger partial charge is 0.459 e. The molecule has 1 saturated carbocycles. The fourth-order valence-electron chi connectivity index (χ4n) is 4.55. The third-order valence-corrected chi connectivity index (χ3v) is 6.41. The molecule has 4 rings (SSSR count). The van der Waals surface area contributed by atoms with Gasteiger partial charge in [0, 0.05) is 12.6 Å². The van der Waals surface area contributed by atoms with Crippen molar-refractivity contribution in [2.24, 2.45) is 0 Å². The van der Waals surface area contributed by atoms with Crippen molar-refractivity contribution in [1.82, 2.24) is 15.5 Å². The number of furan rings is 1. The van der Waals surface area contributed by atoms with Crippen LogP contribution >= 0.6 is 0 Å². The molecule has 0 spiro atoms. The maximum atomic E-state index is 13.7. The summed E-state index contributed by atoms with van der Waals surface area (Å²) >= 11 is 0. The first kappa shape index (κ1) is 24.3.